The van der Waals surface area contributed by atoms with E-state index in [2.05, 4.69) is 25.4 Å². The van der Waals surface area contributed by atoms with Gasteiger partial charge in [-0.05, 0) is 74.6 Å². The number of imide groups is 1. The molecule has 6 heterocycles. The first-order chi connectivity index (χ1) is 32.4. The Balaban J connectivity index is 0.813. The number of hydrogen-bond acceptors (Lipinski definition) is 13. The van der Waals surface area contributed by atoms with E-state index in [-0.39, 0.29) is 95.9 Å². The number of aromatic nitrogens is 4. The van der Waals surface area contributed by atoms with Crippen molar-refractivity contribution in [3.8, 4) is 17.6 Å². The lowest BCUT2D eigenvalue weighted by Gasteiger charge is -2.42. The molecule has 68 heavy (non-hydrogen) atoms. The number of nitrogens with one attached hydrogen (secondary N) is 3. The van der Waals surface area contributed by atoms with Gasteiger partial charge in [0.05, 0.1) is 52.2 Å². The third kappa shape index (κ3) is 8.68. The maximum absolute atomic E-state index is 15.7. The molecule has 0 unspecified atom stereocenters. The highest BCUT2D eigenvalue weighted by Gasteiger charge is 2.44. The number of carbonyl (C=O) groups is 3. The van der Waals surface area contributed by atoms with Crippen LogP contribution in [-0.2, 0) is 26.8 Å². The fraction of sp³-hybridized carbons (Fsp3) is 0.444. The van der Waals surface area contributed by atoms with Gasteiger partial charge in [-0.25, -0.2) is 18.6 Å². The first-order valence-corrected chi connectivity index (χ1v) is 23.8. The van der Waals surface area contributed by atoms with Crippen molar-refractivity contribution in [1.29, 1.82) is 5.26 Å². The number of anilines is 3. The molecule has 358 valence electrons. The van der Waals surface area contributed by atoms with Crippen LogP contribution in [0.3, 0.4) is 0 Å². The SMILES string of the molecule is CCN(C)S(=O)(=O)Nc1ccc(F)c(Oc2ccc3ncn([C@H]4CNC5(CCN(C(=O)CC6(O)CCN(c7cc8c(cc7F)c(N7CCC(=O)NC7=O)nn8C)CC6)CC5)C4)c(=O)c3c2)c1C#N. The van der Waals surface area contributed by atoms with Gasteiger partial charge >= 0.3 is 16.2 Å². The lowest BCUT2D eigenvalue weighted by atomic mass is 9.84. The van der Waals surface area contributed by atoms with Gasteiger partial charge in [0.25, 0.3) is 5.56 Å². The highest BCUT2D eigenvalue weighted by atomic mass is 32.2. The fourth-order valence-corrected chi connectivity index (χ4v) is 10.6. The molecular formula is C45H50F2N12O8S. The van der Waals surface area contributed by atoms with Crippen molar-refractivity contribution in [3.05, 3.63) is 76.3 Å². The van der Waals surface area contributed by atoms with Crippen molar-refractivity contribution >= 4 is 67.1 Å². The van der Waals surface area contributed by atoms with E-state index in [4.69, 9.17) is 4.74 Å². The largest absolute Gasteiger partial charge is 0.453 e. The Morgan fingerprint density at radius 3 is 2.49 bits per heavy atom. The van der Waals surface area contributed by atoms with Crippen LogP contribution in [-0.4, -0.2) is 124 Å². The van der Waals surface area contributed by atoms with Crippen LogP contribution >= 0.6 is 0 Å². The molecule has 4 amide bonds. The number of amides is 4. The minimum Gasteiger partial charge on any atom is -0.453 e. The molecule has 2 aromatic heterocycles. The maximum Gasteiger partial charge on any atom is 0.329 e. The standard InChI is InChI=1S/C45H50F2N12O8S/c1-4-54(2)68(65,66)53-35-8-6-32(46)40(31(35)24-48)67-28-5-7-34-29(19-28)42(62)59(26-49-34)27-22-44(50-25-27)10-15-57(16-11-44)39(61)23-45(64)12-17-56(18-13-45)37-21-36-30(20-33(37)47)41(52-55(36)3)58-14-9-38(60)51-43(58)63/h5-8,19-21,26-27,50,53,64H,4,9-18,22-23,25H2,1-3H3,(H,51,60,63)/t27-/m1/s1. The van der Waals surface area contributed by atoms with Gasteiger partial charge in [-0.2, -0.15) is 23.1 Å². The van der Waals surface area contributed by atoms with Crippen molar-refractivity contribution in [2.45, 2.75) is 69.1 Å². The third-order valence-corrected chi connectivity index (χ3v) is 15.4. The number of aliphatic hydroxyl groups is 1. The Morgan fingerprint density at radius 2 is 1.78 bits per heavy atom. The summed E-state index contributed by atoms with van der Waals surface area (Å²) in [4.78, 5) is 61.3. The van der Waals surface area contributed by atoms with Crippen LogP contribution in [0.4, 0.5) is 30.8 Å². The number of benzene rings is 3. The van der Waals surface area contributed by atoms with Gasteiger partial charge in [-0.15, -0.1) is 0 Å². The van der Waals surface area contributed by atoms with Crippen LogP contribution in [0.5, 0.6) is 11.5 Å². The Labute approximate surface area is 389 Å². The number of likely N-dealkylation sites (tertiary alicyclic amines) is 1. The molecule has 4 aliphatic rings. The molecule has 4 saturated heterocycles. The molecule has 0 aliphatic carbocycles. The van der Waals surface area contributed by atoms with E-state index in [1.54, 1.807) is 34.2 Å². The summed E-state index contributed by atoms with van der Waals surface area (Å²) in [6.45, 7) is 3.86. The third-order valence-electron chi connectivity index (χ3n) is 13.8. The molecule has 4 aliphatic heterocycles. The van der Waals surface area contributed by atoms with E-state index in [0.717, 1.165) is 16.4 Å². The summed E-state index contributed by atoms with van der Waals surface area (Å²) in [7, 11) is -1.00. The number of nitrogens with zero attached hydrogens (tertiary/aromatic N) is 9. The number of aryl methyl sites for hydroxylation is 1. The van der Waals surface area contributed by atoms with Crippen molar-refractivity contribution in [2.75, 3.05) is 67.4 Å². The van der Waals surface area contributed by atoms with Gasteiger partial charge in [-0.3, -0.25) is 38.6 Å². The van der Waals surface area contributed by atoms with Crippen molar-refractivity contribution in [3.63, 3.8) is 0 Å². The first kappa shape index (κ1) is 46.4. The van der Waals surface area contributed by atoms with Crippen LogP contribution in [0.15, 0.2) is 53.6 Å². The van der Waals surface area contributed by atoms with Gasteiger partial charge in [0, 0.05) is 77.3 Å². The molecule has 1 spiro atoms. The van der Waals surface area contributed by atoms with Crippen LogP contribution in [0.25, 0.3) is 21.8 Å². The summed E-state index contributed by atoms with van der Waals surface area (Å²) in [5.41, 5.74) is -1.29. The summed E-state index contributed by atoms with van der Waals surface area (Å²) < 4.78 is 68.5. The average molecular weight is 957 g/mol. The van der Waals surface area contributed by atoms with E-state index in [1.807, 2.05) is 11.0 Å². The predicted molar refractivity (Wildman–Crippen MR) is 245 cm³/mol. The summed E-state index contributed by atoms with van der Waals surface area (Å²) in [6, 6.07) is 10.4. The van der Waals surface area contributed by atoms with Crippen LogP contribution in [0.1, 0.15) is 63.5 Å². The molecule has 4 fully saturated rings. The molecule has 4 N–H and O–H groups in total. The van der Waals surface area contributed by atoms with E-state index in [9.17, 15) is 38.0 Å². The molecule has 23 heteroatoms. The van der Waals surface area contributed by atoms with Gasteiger partial charge in [0.2, 0.25) is 11.8 Å². The number of ether oxygens (including phenoxy) is 1. The number of carbonyl (C=O) groups excluding carboxylic acids is 3. The quantitative estimate of drug-likeness (QED) is 0.148. The molecule has 9 rings (SSSR count). The number of urea groups is 1. The Bertz CT molecular complexity index is 3090. The zero-order valence-electron chi connectivity index (χ0n) is 37.6. The van der Waals surface area contributed by atoms with Gasteiger partial charge < -0.3 is 25.0 Å². The molecule has 5 aromatic rings. The summed E-state index contributed by atoms with van der Waals surface area (Å²) in [5.74, 6) is -2.23. The van der Waals surface area contributed by atoms with Crippen LogP contribution in [0.2, 0.25) is 0 Å². The number of nitriles is 1. The topological polar surface area (TPSA) is 240 Å². The molecule has 0 radical (unpaired) electrons. The van der Waals surface area contributed by atoms with Gasteiger partial charge in [0.15, 0.2) is 17.4 Å². The minimum absolute atomic E-state index is 0.0298. The minimum atomic E-state index is -4.04. The van der Waals surface area contributed by atoms with Crippen LogP contribution < -0.4 is 35.5 Å². The van der Waals surface area contributed by atoms with Gasteiger partial charge in [-0.1, -0.05) is 6.92 Å². The lowest BCUT2D eigenvalue weighted by Crippen LogP contribution is -2.53. The smallest absolute Gasteiger partial charge is 0.329 e. The zero-order chi connectivity index (χ0) is 48.3. The molecule has 20 nitrogen and oxygen atoms in total. The molecule has 0 saturated carbocycles. The van der Waals surface area contributed by atoms with Crippen molar-refractivity contribution in [1.82, 2.24) is 39.2 Å². The molecule has 1 atom stereocenters. The Morgan fingerprint density at radius 1 is 1.03 bits per heavy atom. The van der Waals surface area contributed by atoms with E-state index in [0.29, 0.717) is 74.1 Å². The predicted octanol–water partition coefficient (Wildman–Crippen LogP) is 3.60. The maximum atomic E-state index is 15.7. The van der Waals surface area contributed by atoms with E-state index >= 15 is 8.78 Å². The van der Waals surface area contributed by atoms with Gasteiger partial charge in [0.1, 0.15) is 23.2 Å². The highest BCUT2D eigenvalue weighted by molar-refractivity contribution is 7.90. The Hall–Kier alpha value is -6.74. The van der Waals surface area contributed by atoms with Crippen molar-refractivity contribution < 1.29 is 41.4 Å². The monoisotopic (exact) mass is 956 g/mol. The molecule has 3 aromatic carbocycles. The second kappa shape index (κ2) is 17.7. The fourth-order valence-electron chi connectivity index (χ4n) is 9.68. The number of fused-ring (bicyclic) bond motifs is 2. The average Bonchev–Trinajstić information content (AvgIpc) is 3.86. The second-order valence-electron chi connectivity index (χ2n) is 18.0. The van der Waals surface area contributed by atoms with E-state index in [1.165, 1.54) is 42.5 Å². The second-order valence-corrected chi connectivity index (χ2v) is 19.8. The normalized spacial score (nSPS) is 19.5. The number of piperidine rings is 2. The number of halogens is 2. The first-order valence-electron chi connectivity index (χ1n) is 22.3. The lowest BCUT2D eigenvalue weighted by molar-refractivity contribution is -0.139. The molecular weight excluding hydrogens is 907 g/mol. The number of hydrogen-bond donors (Lipinski definition) is 4. The molecule has 0 bridgehead atoms. The summed E-state index contributed by atoms with van der Waals surface area (Å²) in [6.07, 6.45) is 3.81. The van der Waals surface area contributed by atoms with Crippen LogP contribution in [0, 0.1) is 23.0 Å². The Kier molecular flexibility index (Phi) is 12.1. The summed E-state index contributed by atoms with van der Waals surface area (Å²) in [5, 5.41) is 32.5. The van der Waals surface area contributed by atoms with Crippen molar-refractivity contribution in [2.24, 2.45) is 7.05 Å². The highest BCUT2D eigenvalue weighted by Crippen LogP contribution is 2.39. The van der Waals surface area contributed by atoms with E-state index < -0.39 is 39.2 Å². The summed E-state index contributed by atoms with van der Waals surface area (Å²) >= 11 is 0. The number of rotatable bonds is 11. The zero-order valence-corrected chi connectivity index (χ0v) is 38.4.